The molecule has 2 aromatic rings. The number of rotatable bonds is 3. The van der Waals surface area contributed by atoms with Crippen molar-refractivity contribution in [1.29, 1.82) is 0 Å². The Kier molecular flexibility index (Phi) is 2.83. The van der Waals surface area contributed by atoms with E-state index in [9.17, 15) is 0 Å². The first kappa shape index (κ1) is 9.93. The van der Waals surface area contributed by atoms with Gasteiger partial charge in [0.2, 0.25) is 0 Å². The van der Waals surface area contributed by atoms with Crippen molar-refractivity contribution in [2.45, 2.75) is 20.1 Å². The van der Waals surface area contributed by atoms with Gasteiger partial charge in [-0.3, -0.25) is 4.68 Å². The normalized spacial score (nSPS) is 10.5. The molecule has 0 spiro atoms. The molecule has 0 saturated carbocycles. The number of nitrogens with zero attached hydrogens (tertiary/aromatic N) is 2. The second-order valence-corrected chi connectivity index (χ2v) is 3.58. The van der Waals surface area contributed by atoms with E-state index in [0.29, 0.717) is 0 Å². The van der Waals surface area contributed by atoms with Crippen molar-refractivity contribution in [3.05, 3.63) is 53.3 Å². The van der Waals surface area contributed by atoms with E-state index in [1.807, 2.05) is 35.9 Å². The molecule has 3 heteroatoms. The molecule has 78 valence electrons. The number of hydrogen-bond acceptors (Lipinski definition) is 2. The highest BCUT2D eigenvalue weighted by Gasteiger charge is 2.03. The number of aliphatic hydroxyl groups is 1. The van der Waals surface area contributed by atoms with Crippen LogP contribution in [0.15, 0.2) is 36.4 Å². The van der Waals surface area contributed by atoms with Gasteiger partial charge in [-0.25, -0.2) is 0 Å². The molecule has 3 nitrogen and oxygen atoms in total. The van der Waals surface area contributed by atoms with Gasteiger partial charge in [0, 0.05) is 5.69 Å². The zero-order valence-electron chi connectivity index (χ0n) is 8.72. The highest BCUT2D eigenvalue weighted by Crippen LogP contribution is 2.07. The lowest BCUT2D eigenvalue weighted by Gasteiger charge is -2.03. The van der Waals surface area contributed by atoms with E-state index in [1.165, 1.54) is 5.56 Å². The largest absolute Gasteiger partial charge is 0.390 e. The van der Waals surface area contributed by atoms with Crippen LogP contribution in [0.5, 0.6) is 0 Å². The van der Waals surface area contributed by atoms with Gasteiger partial charge in [-0.15, -0.1) is 0 Å². The summed E-state index contributed by atoms with van der Waals surface area (Å²) in [6.07, 6.45) is 0. The van der Waals surface area contributed by atoms with Crippen molar-refractivity contribution < 1.29 is 5.11 Å². The summed E-state index contributed by atoms with van der Waals surface area (Å²) in [6.45, 7) is 2.75. The molecule has 1 aromatic carbocycles. The molecule has 0 bridgehead atoms. The van der Waals surface area contributed by atoms with Gasteiger partial charge >= 0.3 is 0 Å². The first-order valence-electron chi connectivity index (χ1n) is 4.97. The Morgan fingerprint density at radius 2 is 2.00 bits per heavy atom. The summed E-state index contributed by atoms with van der Waals surface area (Å²) >= 11 is 0. The van der Waals surface area contributed by atoms with Gasteiger partial charge in [0.1, 0.15) is 0 Å². The van der Waals surface area contributed by atoms with Crippen LogP contribution in [0.1, 0.15) is 17.0 Å². The number of aromatic nitrogens is 2. The molecule has 15 heavy (non-hydrogen) atoms. The Bertz CT molecular complexity index is 434. The minimum atomic E-state index is 0.00261. The molecule has 0 aliphatic carbocycles. The van der Waals surface area contributed by atoms with E-state index >= 15 is 0 Å². The predicted octanol–water partition coefficient (Wildman–Crippen LogP) is 1.73. The predicted molar refractivity (Wildman–Crippen MR) is 58.4 cm³/mol. The summed E-state index contributed by atoms with van der Waals surface area (Å²) in [5, 5.41) is 13.3. The van der Waals surface area contributed by atoms with Crippen LogP contribution >= 0.6 is 0 Å². The van der Waals surface area contributed by atoms with Gasteiger partial charge < -0.3 is 5.11 Å². The fourth-order valence-electron chi connectivity index (χ4n) is 1.57. The molecule has 0 saturated heterocycles. The lowest BCUT2D eigenvalue weighted by molar-refractivity contribution is 0.275. The second kappa shape index (κ2) is 4.28. The maximum absolute atomic E-state index is 8.97. The third-order valence-electron chi connectivity index (χ3n) is 2.37. The van der Waals surface area contributed by atoms with Crippen LogP contribution in [0.3, 0.4) is 0 Å². The lowest BCUT2D eigenvalue weighted by atomic mass is 10.2. The average molecular weight is 202 g/mol. The van der Waals surface area contributed by atoms with Crippen molar-refractivity contribution in [1.82, 2.24) is 9.78 Å². The molecule has 1 aromatic heterocycles. The molecule has 0 aliphatic rings. The van der Waals surface area contributed by atoms with Gasteiger partial charge in [0.05, 0.1) is 18.8 Å². The van der Waals surface area contributed by atoms with Crippen LogP contribution in [-0.2, 0) is 13.2 Å². The summed E-state index contributed by atoms with van der Waals surface area (Å²) in [5.41, 5.74) is 3.01. The maximum Gasteiger partial charge on any atom is 0.0881 e. The van der Waals surface area contributed by atoms with Crippen molar-refractivity contribution in [2.24, 2.45) is 0 Å². The van der Waals surface area contributed by atoms with Crippen LogP contribution in [0.2, 0.25) is 0 Å². The van der Waals surface area contributed by atoms with E-state index in [2.05, 4.69) is 17.2 Å². The summed E-state index contributed by atoms with van der Waals surface area (Å²) < 4.78 is 1.90. The Labute approximate surface area is 89.0 Å². The Balaban J connectivity index is 2.21. The molecule has 1 heterocycles. The van der Waals surface area contributed by atoms with Crippen molar-refractivity contribution >= 4 is 0 Å². The smallest absolute Gasteiger partial charge is 0.0881 e. The topological polar surface area (TPSA) is 38.1 Å². The van der Waals surface area contributed by atoms with Gasteiger partial charge in [-0.2, -0.15) is 5.10 Å². The van der Waals surface area contributed by atoms with Gasteiger partial charge in [-0.05, 0) is 18.6 Å². The maximum atomic E-state index is 8.97. The molecule has 0 unspecified atom stereocenters. The number of benzene rings is 1. The summed E-state index contributed by atoms with van der Waals surface area (Å²) in [6, 6.07) is 12.1. The van der Waals surface area contributed by atoms with Crippen LogP contribution in [0.25, 0.3) is 0 Å². The molecular weight excluding hydrogens is 188 g/mol. The quantitative estimate of drug-likeness (QED) is 0.823. The standard InChI is InChI=1S/C12H14N2O/c1-10-7-12(9-15)13-14(10)8-11-5-3-2-4-6-11/h2-7,15H,8-9H2,1H3. The van der Waals surface area contributed by atoms with Crippen LogP contribution < -0.4 is 0 Å². The van der Waals surface area contributed by atoms with E-state index in [0.717, 1.165) is 17.9 Å². The number of hydrogen-bond donors (Lipinski definition) is 1. The highest BCUT2D eigenvalue weighted by atomic mass is 16.3. The van der Waals surface area contributed by atoms with Gasteiger partial charge in [0.15, 0.2) is 0 Å². The number of aliphatic hydroxyl groups excluding tert-OH is 1. The zero-order valence-corrected chi connectivity index (χ0v) is 8.72. The first-order valence-corrected chi connectivity index (χ1v) is 4.97. The number of aryl methyl sites for hydroxylation is 1. The Morgan fingerprint density at radius 3 is 2.60 bits per heavy atom. The summed E-state index contributed by atoms with van der Waals surface area (Å²) in [7, 11) is 0. The lowest BCUT2D eigenvalue weighted by Crippen LogP contribution is -2.03. The van der Waals surface area contributed by atoms with Crippen LogP contribution in [0.4, 0.5) is 0 Å². The second-order valence-electron chi connectivity index (χ2n) is 3.58. The van der Waals surface area contributed by atoms with E-state index in [4.69, 9.17) is 5.11 Å². The fraction of sp³-hybridized carbons (Fsp3) is 0.250. The molecule has 0 aliphatic heterocycles. The Hall–Kier alpha value is -1.61. The van der Waals surface area contributed by atoms with Crippen molar-refractivity contribution in [2.75, 3.05) is 0 Å². The third kappa shape index (κ3) is 2.25. The SMILES string of the molecule is Cc1cc(CO)nn1Cc1ccccc1. The van der Waals surface area contributed by atoms with Crippen molar-refractivity contribution in [3.63, 3.8) is 0 Å². The van der Waals surface area contributed by atoms with Crippen LogP contribution in [0, 0.1) is 6.92 Å². The molecule has 0 radical (unpaired) electrons. The molecule has 1 N–H and O–H groups in total. The fourth-order valence-corrected chi connectivity index (χ4v) is 1.57. The average Bonchev–Trinajstić information content (AvgIpc) is 2.61. The first-order chi connectivity index (χ1) is 7.29. The summed E-state index contributed by atoms with van der Waals surface area (Å²) in [4.78, 5) is 0. The molecule has 0 atom stereocenters. The minimum Gasteiger partial charge on any atom is -0.390 e. The molecule has 0 amide bonds. The van der Waals surface area contributed by atoms with E-state index in [1.54, 1.807) is 0 Å². The van der Waals surface area contributed by atoms with Crippen LogP contribution in [-0.4, -0.2) is 14.9 Å². The summed E-state index contributed by atoms with van der Waals surface area (Å²) in [5.74, 6) is 0. The van der Waals surface area contributed by atoms with Crippen molar-refractivity contribution in [3.8, 4) is 0 Å². The van der Waals surface area contributed by atoms with E-state index in [-0.39, 0.29) is 6.61 Å². The van der Waals surface area contributed by atoms with Gasteiger partial charge in [0.25, 0.3) is 0 Å². The van der Waals surface area contributed by atoms with Gasteiger partial charge in [-0.1, -0.05) is 30.3 Å². The molecular formula is C12H14N2O. The third-order valence-corrected chi connectivity index (χ3v) is 2.37. The van der Waals surface area contributed by atoms with E-state index < -0.39 is 0 Å². The zero-order chi connectivity index (χ0) is 10.7. The monoisotopic (exact) mass is 202 g/mol. The Morgan fingerprint density at radius 1 is 1.27 bits per heavy atom. The molecule has 0 fully saturated rings. The highest BCUT2D eigenvalue weighted by molar-refractivity contribution is 5.16. The minimum absolute atomic E-state index is 0.00261. The molecule has 2 rings (SSSR count).